The maximum Gasteiger partial charge on any atom is 0.0232 e. The van der Waals surface area contributed by atoms with E-state index in [1.54, 1.807) is 0 Å². The van der Waals surface area contributed by atoms with Gasteiger partial charge >= 0.3 is 0 Å². The molecular weight excluding hydrogens is 262 g/mol. The van der Waals surface area contributed by atoms with E-state index in [-0.39, 0.29) is 0 Å². The summed E-state index contributed by atoms with van der Waals surface area (Å²) in [5, 5.41) is 3.57. The quantitative estimate of drug-likeness (QED) is 0.781. The molecule has 20 heavy (non-hydrogen) atoms. The Morgan fingerprint density at radius 1 is 1.05 bits per heavy atom. The summed E-state index contributed by atoms with van der Waals surface area (Å²) in [6.07, 6.45) is 2.70. The summed E-state index contributed by atoms with van der Waals surface area (Å²) in [4.78, 5) is 1.36. The fraction of sp³-hybridized carbons (Fsp3) is 0.333. The Balaban J connectivity index is 1.57. The molecule has 2 aromatic carbocycles. The summed E-state index contributed by atoms with van der Waals surface area (Å²) in [7, 11) is 0. The van der Waals surface area contributed by atoms with E-state index in [1.165, 1.54) is 34.4 Å². The zero-order chi connectivity index (χ0) is 13.8. The van der Waals surface area contributed by atoms with Gasteiger partial charge in [0, 0.05) is 23.2 Å². The first kappa shape index (κ1) is 13.7. The molecule has 0 unspecified atom stereocenters. The second-order valence-corrected chi connectivity index (χ2v) is 6.63. The highest BCUT2D eigenvalue weighted by atomic mass is 32.2. The molecular formula is C18H21NS. The Hall–Kier alpha value is -1.25. The molecule has 0 saturated heterocycles. The molecule has 0 atom stereocenters. The van der Waals surface area contributed by atoms with Crippen molar-refractivity contribution in [2.75, 3.05) is 0 Å². The predicted octanol–water partition coefficient (Wildman–Crippen LogP) is 4.54. The third kappa shape index (κ3) is 4.12. The molecule has 2 heteroatoms. The Bertz CT molecular complexity index is 575. The van der Waals surface area contributed by atoms with Crippen molar-refractivity contribution < 1.29 is 0 Å². The van der Waals surface area contributed by atoms with Crippen LogP contribution in [0.3, 0.4) is 0 Å². The standard InChI is InChI=1S/C18H21NS/c1-14-4-2-6-16(10-14)13-20-18-7-3-5-15(11-18)12-19-17-8-9-17/h2-7,10-11,17,19H,8-9,12-13H2,1H3. The van der Waals surface area contributed by atoms with E-state index >= 15 is 0 Å². The molecule has 0 radical (unpaired) electrons. The van der Waals surface area contributed by atoms with Gasteiger partial charge in [-0.15, -0.1) is 11.8 Å². The van der Waals surface area contributed by atoms with Crippen LogP contribution in [0.15, 0.2) is 53.4 Å². The van der Waals surface area contributed by atoms with Crippen molar-refractivity contribution in [3.05, 3.63) is 65.2 Å². The van der Waals surface area contributed by atoms with E-state index in [0.717, 1.165) is 18.3 Å². The van der Waals surface area contributed by atoms with E-state index in [2.05, 4.69) is 60.8 Å². The average molecular weight is 283 g/mol. The topological polar surface area (TPSA) is 12.0 Å². The number of rotatable bonds is 6. The Labute approximate surface area is 125 Å². The van der Waals surface area contributed by atoms with Gasteiger partial charge in [-0.2, -0.15) is 0 Å². The molecule has 1 fully saturated rings. The molecule has 0 heterocycles. The molecule has 0 bridgehead atoms. The normalized spacial score (nSPS) is 14.4. The second kappa shape index (κ2) is 6.47. The summed E-state index contributed by atoms with van der Waals surface area (Å²) in [6.45, 7) is 3.15. The Kier molecular flexibility index (Phi) is 4.44. The number of nitrogens with one attached hydrogen (secondary N) is 1. The van der Waals surface area contributed by atoms with Crippen molar-refractivity contribution in [3.63, 3.8) is 0 Å². The predicted molar refractivity (Wildman–Crippen MR) is 87.0 cm³/mol. The van der Waals surface area contributed by atoms with Gasteiger partial charge in [0.1, 0.15) is 0 Å². The maximum absolute atomic E-state index is 3.57. The van der Waals surface area contributed by atoms with E-state index in [1.807, 2.05) is 11.8 Å². The van der Waals surface area contributed by atoms with E-state index < -0.39 is 0 Å². The van der Waals surface area contributed by atoms with E-state index in [0.29, 0.717) is 0 Å². The van der Waals surface area contributed by atoms with Crippen LogP contribution in [-0.2, 0) is 12.3 Å². The molecule has 1 N–H and O–H groups in total. The summed E-state index contributed by atoms with van der Waals surface area (Å²) in [5.74, 6) is 1.04. The zero-order valence-electron chi connectivity index (χ0n) is 11.9. The minimum atomic E-state index is 0.776. The summed E-state index contributed by atoms with van der Waals surface area (Å²) >= 11 is 1.92. The van der Waals surface area contributed by atoms with Gasteiger partial charge in [-0.3, -0.25) is 0 Å². The Morgan fingerprint density at radius 3 is 2.65 bits per heavy atom. The van der Waals surface area contributed by atoms with Gasteiger partial charge in [0.25, 0.3) is 0 Å². The summed E-state index contributed by atoms with van der Waals surface area (Å²) in [5.41, 5.74) is 4.13. The Morgan fingerprint density at radius 2 is 1.85 bits per heavy atom. The number of benzene rings is 2. The fourth-order valence-electron chi connectivity index (χ4n) is 2.26. The lowest BCUT2D eigenvalue weighted by atomic mass is 10.2. The number of hydrogen-bond donors (Lipinski definition) is 1. The second-order valence-electron chi connectivity index (χ2n) is 5.58. The van der Waals surface area contributed by atoms with Crippen molar-refractivity contribution in [3.8, 4) is 0 Å². The van der Waals surface area contributed by atoms with Crippen LogP contribution < -0.4 is 5.32 Å². The van der Waals surface area contributed by atoms with Crippen LogP contribution >= 0.6 is 11.8 Å². The average Bonchev–Trinajstić information content (AvgIpc) is 3.28. The molecule has 1 saturated carbocycles. The molecule has 2 aromatic rings. The number of hydrogen-bond acceptors (Lipinski definition) is 2. The molecule has 1 aliphatic rings. The van der Waals surface area contributed by atoms with Crippen molar-refractivity contribution >= 4 is 11.8 Å². The van der Waals surface area contributed by atoms with Gasteiger partial charge in [0.05, 0.1) is 0 Å². The number of aryl methyl sites for hydroxylation is 1. The SMILES string of the molecule is Cc1cccc(CSc2cccc(CNC3CC3)c2)c1. The van der Waals surface area contributed by atoms with E-state index in [4.69, 9.17) is 0 Å². The van der Waals surface area contributed by atoms with Gasteiger partial charge < -0.3 is 5.32 Å². The molecule has 1 nitrogen and oxygen atoms in total. The highest BCUT2D eigenvalue weighted by molar-refractivity contribution is 7.98. The first-order valence-electron chi connectivity index (χ1n) is 7.30. The highest BCUT2D eigenvalue weighted by Crippen LogP contribution is 2.25. The minimum Gasteiger partial charge on any atom is -0.310 e. The van der Waals surface area contributed by atoms with Crippen molar-refractivity contribution in [1.29, 1.82) is 0 Å². The van der Waals surface area contributed by atoms with Gasteiger partial charge in [-0.25, -0.2) is 0 Å². The van der Waals surface area contributed by atoms with Crippen LogP contribution in [0.1, 0.15) is 29.5 Å². The van der Waals surface area contributed by atoms with Crippen LogP contribution in [0.4, 0.5) is 0 Å². The third-order valence-corrected chi connectivity index (χ3v) is 4.62. The van der Waals surface area contributed by atoms with Crippen LogP contribution in [0, 0.1) is 6.92 Å². The van der Waals surface area contributed by atoms with E-state index in [9.17, 15) is 0 Å². The highest BCUT2D eigenvalue weighted by Gasteiger charge is 2.19. The molecule has 104 valence electrons. The lowest BCUT2D eigenvalue weighted by Crippen LogP contribution is -2.15. The molecule has 0 aliphatic heterocycles. The van der Waals surface area contributed by atoms with Gasteiger partial charge in [-0.1, -0.05) is 42.0 Å². The largest absolute Gasteiger partial charge is 0.310 e. The van der Waals surface area contributed by atoms with Crippen LogP contribution in [0.2, 0.25) is 0 Å². The molecule has 1 aliphatic carbocycles. The van der Waals surface area contributed by atoms with Gasteiger partial charge in [-0.05, 0) is 43.0 Å². The smallest absolute Gasteiger partial charge is 0.0232 e. The lowest BCUT2D eigenvalue weighted by Gasteiger charge is -2.07. The van der Waals surface area contributed by atoms with Crippen molar-refractivity contribution in [2.45, 2.75) is 43.0 Å². The monoisotopic (exact) mass is 283 g/mol. The molecule has 0 spiro atoms. The summed E-state index contributed by atoms with van der Waals surface area (Å²) in [6, 6.07) is 18.5. The third-order valence-electron chi connectivity index (χ3n) is 3.56. The zero-order valence-corrected chi connectivity index (χ0v) is 12.7. The van der Waals surface area contributed by atoms with Crippen LogP contribution in [0.5, 0.6) is 0 Å². The van der Waals surface area contributed by atoms with Crippen LogP contribution in [0.25, 0.3) is 0 Å². The summed E-state index contributed by atoms with van der Waals surface area (Å²) < 4.78 is 0. The molecule has 3 rings (SSSR count). The van der Waals surface area contributed by atoms with Crippen LogP contribution in [-0.4, -0.2) is 6.04 Å². The van der Waals surface area contributed by atoms with Crippen molar-refractivity contribution in [1.82, 2.24) is 5.32 Å². The maximum atomic E-state index is 3.57. The van der Waals surface area contributed by atoms with Crippen molar-refractivity contribution in [2.24, 2.45) is 0 Å². The lowest BCUT2D eigenvalue weighted by molar-refractivity contribution is 0.687. The van der Waals surface area contributed by atoms with Gasteiger partial charge in [0.2, 0.25) is 0 Å². The molecule has 0 amide bonds. The first-order chi connectivity index (χ1) is 9.79. The minimum absolute atomic E-state index is 0.776. The van der Waals surface area contributed by atoms with Gasteiger partial charge in [0.15, 0.2) is 0 Å². The number of thioether (sulfide) groups is 1. The fourth-order valence-corrected chi connectivity index (χ4v) is 3.19. The first-order valence-corrected chi connectivity index (χ1v) is 8.29. The molecule has 0 aromatic heterocycles.